The van der Waals surface area contributed by atoms with Crippen molar-refractivity contribution in [3.05, 3.63) is 0 Å². The molecule has 0 N–H and O–H groups in total. The highest BCUT2D eigenvalue weighted by atomic mass is 14.1. The van der Waals surface area contributed by atoms with Crippen molar-refractivity contribution < 1.29 is 0 Å². The Bertz CT molecular complexity index is 98.0. The van der Waals surface area contributed by atoms with Crippen LogP contribution in [0.25, 0.3) is 0 Å². The first kappa shape index (κ1) is 21.3. The molecule has 2 fully saturated rings. The van der Waals surface area contributed by atoms with Crippen LogP contribution in [0.5, 0.6) is 0 Å². The Labute approximate surface area is 124 Å². The molecule has 0 aromatic rings. The molecule has 0 atom stereocenters. The zero-order valence-electron chi connectivity index (χ0n) is 14.8. The maximum atomic E-state index is 2.36. The van der Waals surface area contributed by atoms with E-state index in [1.54, 1.807) is 0 Å². The number of rotatable bonds is 0. The van der Waals surface area contributed by atoms with Gasteiger partial charge in [0.05, 0.1) is 0 Å². The van der Waals surface area contributed by atoms with Gasteiger partial charge < -0.3 is 0 Å². The Balaban J connectivity index is 0. The average molecular weight is 271 g/mol. The summed E-state index contributed by atoms with van der Waals surface area (Å²) in [5.41, 5.74) is 0. The van der Waals surface area contributed by atoms with Crippen LogP contribution in [0.3, 0.4) is 0 Å². The van der Waals surface area contributed by atoms with Crippen LogP contribution < -0.4 is 0 Å². The molecule has 0 bridgehead atoms. The second-order valence-corrected chi connectivity index (χ2v) is 5.57. The van der Waals surface area contributed by atoms with E-state index in [4.69, 9.17) is 0 Å². The van der Waals surface area contributed by atoms with Crippen molar-refractivity contribution in [2.75, 3.05) is 0 Å². The Morgan fingerprint density at radius 2 is 0.632 bits per heavy atom. The van der Waals surface area contributed by atoms with Crippen LogP contribution in [0.1, 0.15) is 118 Å². The molecule has 0 aliphatic heterocycles. The van der Waals surface area contributed by atoms with Crippen molar-refractivity contribution in [2.24, 2.45) is 5.92 Å². The molecule has 2 saturated carbocycles. The molecule has 0 unspecified atom stereocenters. The molecule has 2 aliphatic rings. The lowest BCUT2D eigenvalue weighted by Gasteiger charge is -2.15. The lowest BCUT2D eigenvalue weighted by atomic mass is 9.91. The Morgan fingerprint density at radius 1 is 0.421 bits per heavy atom. The predicted molar refractivity (Wildman–Crippen MR) is 91.9 cm³/mol. The van der Waals surface area contributed by atoms with E-state index in [0.29, 0.717) is 0 Å². The van der Waals surface area contributed by atoms with Gasteiger partial charge in [-0.25, -0.2) is 0 Å². The summed E-state index contributed by atoms with van der Waals surface area (Å²) in [6.45, 7) is 10.4. The van der Waals surface area contributed by atoms with Crippen LogP contribution >= 0.6 is 0 Å². The third-order valence-electron chi connectivity index (χ3n) is 3.89. The van der Waals surface area contributed by atoms with Gasteiger partial charge in [-0.05, 0) is 5.92 Å². The average Bonchev–Trinajstić information content (AvgIpc) is 2.44. The van der Waals surface area contributed by atoms with Crippen molar-refractivity contribution in [3.63, 3.8) is 0 Å². The van der Waals surface area contributed by atoms with Gasteiger partial charge in [-0.1, -0.05) is 118 Å². The van der Waals surface area contributed by atoms with Crippen LogP contribution in [0.15, 0.2) is 0 Å². The highest BCUT2D eigenvalue weighted by Crippen LogP contribution is 2.22. The minimum absolute atomic E-state index is 1.04. The molecule has 19 heavy (non-hydrogen) atoms. The molecule has 0 spiro atoms. The summed E-state index contributed by atoms with van der Waals surface area (Å²) in [6.07, 6.45) is 19.4. The Morgan fingerprint density at radius 3 is 0.789 bits per heavy atom. The smallest absolute Gasteiger partial charge is 0.0443 e. The molecule has 0 aromatic heterocycles. The fourth-order valence-corrected chi connectivity index (χ4v) is 2.72. The van der Waals surface area contributed by atoms with Crippen LogP contribution in [0, 0.1) is 5.92 Å². The van der Waals surface area contributed by atoms with Gasteiger partial charge in [-0.3, -0.25) is 0 Å². The van der Waals surface area contributed by atoms with Gasteiger partial charge in [0.2, 0.25) is 0 Å². The van der Waals surface area contributed by atoms with E-state index in [-0.39, 0.29) is 0 Å². The summed E-state index contributed by atoms with van der Waals surface area (Å²) in [7, 11) is 0. The van der Waals surface area contributed by atoms with Crippen molar-refractivity contribution in [1.29, 1.82) is 0 Å². The normalized spacial score (nSPS) is 20.1. The zero-order valence-corrected chi connectivity index (χ0v) is 14.8. The molecular formula is C19H42. The van der Waals surface area contributed by atoms with E-state index in [2.05, 4.69) is 6.92 Å². The first-order valence-corrected chi connectivity index (χ1v) is 9.39. The van der Waals surface area contributed by atoms with Gasteiger partial charge >= 0.3 is 0 Å². The van der Waals surface area contributed by atoms with Crippen LogP contribution in [-0.4, -0.2) is 0 Å². The molecule has 2 rings (SSSR count). The van der Waals surface area contributed by atoms with E-state index in [1.165, 1.54) is 83.5 Å². The van der Waals surface area contributed by atoms with E-state index in [0.717, 1.165) is 5.92 Å². The molecule has 0 amide bonds. The molecule has 2 aliphatic carbocycles. The third-order valence-corrected chi connectivity index (χ3v) is 3.89. The van der Waals surface area contributed by atoms with Gasteiger partial charge in [-0.15, -0.1) is 0 Å². The second-order valence-electron chi connectivity index (χ2n) is 5.57. The molecule has 0 radical (unpaired) electrons. The first-order valence-electron chi connectivity index (χ1n) is 9.39. The summed E-state index contributed by atoms with van der Waals surface area (Å²) < 4.78 is 0. The Kier molecular flexibility index (Phi) is 22.8. The van der Waals surface area contributed by atoms with Gasteiger partial charge in [0, 0.05) is 0 Å². The zero-order chi connectivity index (χ0) is 14.8. The number of hydrogen-bond acceptors (Lipinski definition) is 0. The summed E-state index contributed by atoms with van der Waals surface area (Å²) in [4.78, 5) is 0. The second kappa shape index (κ2) is 20.3. The summed E-state index contributed by atoms with van der Waals surface area (Å²) in [5, 5.41) is 0. The molecule has 0 heterocycles. The maximum Gasteiger partial charge on any atom is -0.0443 e. The minimum atomic E-state index is 1.04. The Hall–Kier alpha value is 0. The fourth-order valence-electron chi connectivity index (χ4n) is 2.72. The molecule has 0 saturated heterocycles. The van der Waals surface area contributed by atoms with Gasteiger partial charge in [0.25, 0.3) is 0 Å². The molecule has 118 valence electrons. The van der Waals surface area contributed by atoms with Crippen LogP contribution in [-0.2, 0) is 0 Å². The van der Waals surface area contributed by atoms with E-state index in [1.807, 2.05) is 27.7 Å². The largest absolute Gasteiger partial charge is 0.0683 e. The van der Waals surface area contributed by atoms with Crippen molar-refractivity contribution in [3.8, 4) is 0 Å². The van der Waals surface area contributed by atoms with Crippen LogP contribution in [0.4, 0.5) is 0 Å². The summed E-state index contributed by atoms with van der Waals surface area (Å²) in [5.74, 6) is 1.04. The van der Waals surface area contributed by atoms with E-state index < -0.39 is 0 Å². The quantitative estimate of drug-likeness (QED) is 0.422. The van der Waals surface area contributed by atoms with Crippen molar-refractivity contribution in [2.45, 2.75) is 118 Å². The van der Waals surface area contributed by atoms with Crippen molar-refractivity contribution >= 4 is 0 Å². The minimum Gasteiger partial charge on any atom is -0.0683 e. The summed E-state index contributed by atoms with van der Waals surface area (Å²) >= 11 is 0. The van der Waals surface area contributed by atoms with Gasteiger partial charge in [0.15, 0.2) is 0 Å². The van der Waals surface area contributed by atoms with Gasteiger partial charge in [0.1, 0.15) is 0 Å². The highest BCUT2D eigenvalue weighted by Gasteiger charge is 2.05. The maximum absolute atomic E-state index is 2.36. The SMILES string of the molecule is C1CCCCCCC1.CC.CC.CC1CCCCC1. The molecule has 0 aromatic carbocycles. The molecular weight excluding hydrogens is 228 g/mol. The van der Waals surface area contributed by atoms with E-state index >= 15 is 0 Å². The lowest BCUT2D eigenvalue weighted by Crippen LogP contribution is -1.99. The number of hydrogen-bond donors (Lipinski definition) is 0. The topological polar surface area (TPSA) is 0 Å². The third kappa shape index (κ3) is 18.0. The first-order chi connectivity index (χ1) is 9.39. The highest BCUT2D eigenvalue weighted by molar-refractivity contribution is 4.59. The monoisotopic (exact) mass is 270 g/mol. The predicted octanol–water partition coefficient (Wildman–Crippen LogP) is 7.76. The standard InChI is InChI=1S/C8H16.C7H14.2C2H6/c1-2-4-6-8-7-5-3-1;1-7-5-3-2-4-6-7;2*1-2/h1-8H2;7H,2-6H2,1H3;2*1-2H3. The van der Waals surface area contributed by atoms with Crippen molar-refractivity contribution in [1.82, 2.24) is 0 Å². The summed E-state index contributed by atoms with van der Waals surface area (Å²) in [6, 6.07) is 0. The van der Waals surface area contributed by atoms with E-state index in [9.17, 15) is 0 Å². The molecule has 0 nitrogen and oxygen atoms in total. The molecule has 0 heteroatoms. The fraction of sp³-hybridized carbons (Fsp3) is 1.00. The van der Waals surface area contributed by atoms with Gasteiger partial charge in [-0.2, -0.15) is 0 Å². The van der Waals surface area contributed by atoms with Crippen LogP contribution in [0.2, 0.25) is 0 Å². The lowest BCUT2D eigenvalue weighted by molar-refractivity contribution is 0.385.